The van der Waals surface area contributed by atoms with Crippen LogP contribution in [0.3, 0.4) is 0 Å². The number of fused-ring (bicyclic) bond motifs is 5. The van der Waals surface area contributed by atoms with Gasteiger partial charge in [0.2, 0.25) is 5.75 Å². The predicted molar refractivity (Wildman–Crippen MR) is 144 cm³/mol. The van der Waals surface area contributed by atoms with E-state index in [4.69, 9.17) is 18.9 Å². The molecule has 1 aliphatic carbocycles. The molecule has 39 heavy (non-hydrogen) atoms. The molecule has 1 spiro atoms. The molecule has 0 N–H and O–H groups in total. The third kappa shape index (κ3) is 3.08. The molecule has 198 valence electrons. The Morgan fingerprint density at radius 1 is 0.795 bits per heavy atom. The van der Waals surface area contributed by atoms with E-state index in [9.17, 15) is 14.4 Å². The highest BCUT2D eigenvalue weighted by Crippen LogP contribution is 2.62. The van der Waals surface area contributed by atoms with Crippen LogP contribution in [0.5, 0.6) is 17.2 Å². The summed E-state index contributed by atoms with van der Waals surface area (Å²) in [6.07, 6.45) is 3.76. The fourth-order valence-electron chi connectivity index (χ4n) is 6.72. The van der Waals surface area contributed by atoms with Gasteiger partial charge in [0.15, 0.2) is 23.1 Å². The number of carbonyl (C=O) groups is 3. The maximum Gasteiger partial charge on any atom is 0.329 e. The largest absolute Gasteiger partial charge is 0.493 e. The van der Waals surface area contributed by atoms with Gasteiger partial charge in [0.05, 0.1) is 34.5 Å². The van der Waals surface area contributed by atoms with Crippen LogP contribution in [0.15, 0.2) is 66.7 Å². The molecule has 2 aliphatic heterocycles. The molecule has 3 atom stereocenters. The fraction of sp³-hybridized carbons (Fsp3) is 0.258. The van der Waals surface area contributed by atoms with Crippen LogP contribution in [-0.2, 0) is 9.53 Å². The van der Waals surface area contributed by atoms with Gasteiger partial charge in [0, 0.05) is 28.3 Å². The van der Waals surface area contributed by atoms with Gasteiger partial charge in [0.1, 0.15) is 11.5 Å². The summed E-state index contributed by atoms with van der Waals surface area (Å²) in [4.78, 5) is 44.8. The van der Waals surface area contributed by atoms with Crippen molar-refractivity contribution in [2.75, 3.05) is 33.3 Å². The molecule has 0 aromatic heterocycles. The number of ether oxygens (including phenoxy) is 4. The molecule has 8 nitrogen and oxygen atoms in total. The van der Waals surface area contributed by atoms with Crippen molar-refractivity contribution in [1.29, 1.82) is 0 Å². The lowest BCUT2D eigenvalue weighted by Crippen LogP contribution is -2.48. The van der Waals surface area contributed by atoms with Crippen molar-refractivity contribution in [3.8, 4) is 17.2 Å². The monoisotopic (exact) mass is 525 g/mol. The van der Waals surface area contributed by atoms with E-state index in [2.05, 4.69) is 0 Å². The van der Waals surface area contributed by atoms with Crippen molar-refractivity contribution in [3.63, 3.8) is 0 Å². The lowest BCUT2D eigenvalue weighted by molar-refractivity contribution is -0.142. The van der Waals surface area contributed by atoms with Gasteiger partial charge in [-0.3, -0.25) is 9.59 Å². The van der Waals surface area contributed by atoms with E-state index >= 15 is 0 Å². The topological polar surface area (TPSA) is 91.4 Å². The number of hydrogen-bond donors (Lipinski definition) is 0. The number of Topliss-reactive ketones (excluding diaryl/α,β-unsaturated/α-hetero) is 2. The summed E-state index contributed by atoms with van der Waals surface area (Å²) in [5.41, 5.74) is 1.08. The molecule has 0 saturated carbocycles. The van der Waals surface area contributed by atoms with E-state index in [1.54, 1.807) is 36.4 Å². The Bertz CT molecular complexity index is 1520. The number of nitrogens with zero attached hydrogens (tertiary/aromatic N) is 1. The highest BCUT2D eigenvalue weighted by atomic mass is 16.5. The second-order valence-corrected chi connectivity index (χ2v) is 9.71. The molecule has 0 unspecified atom stereocenters. The first-order chi connectivity index (χ1) is 18.9. The molecule has 2 heterocycles. The van der Waals surface area contributed by atoms with E-state index in [0.717, 1.165) is 11.3 Å². The minimum atomic E-state index is -1.67. The molecule has 0 amide bonds. The zero-order valence-electron chi connectivity index (χ0n) is 22.0. The molecule has 1 fully saturated rings. The number of hydrogen-bond acceptors (Lipinski definition) is 8. The number of benzene rings is 3. The Morgan fingerprint density at radius 3 is 2.05 bits per heavy atom. The average molecular weight is 526 g/mol. The van der Waals surface area contributed by atoms with Crippen LogP contribution >= 0.6 is 0 Å². The van der Waals surface area contributed by atoms with E-state index in [0.29, 0.717) is 28.2 Å². The van der Waals surface area contributed by atoms with Gasteiger partial charge in [-0.25, -0.2) is 4.79 Å². The Balaban J connectivity index is 1.72. The Hall–Kier alpha value is -4.59. The molecule has 0 bridgehead atoms. The molecule has 1 saturated heterocycles. The van der Waals surface area contributed by atoms with Gasteiger partial charge in [0.25, 0.3) is 0 Å². The maximum absolute atomic E-state index is 14.6. The number of anilines is 1. The first-order valence-electron chi connectivity index (χ1n) is 12.6. The summed E-state index contributed by atoms with van der Waals surface area (Å²) in [5, 5.41) is 0. The van der Waals surface area contributed by atoms with Gasteiger partial charge < -0.3 is 23.8 Å². The van der Waals surface area contributed by atoms with Gasteiger partial charge in [-0.2, -0.15) is 0 Å². The van der Waals surface area contributed by atoms with Crippen LogP contribution in [-0.4, -0.2) is 58.1 Å². The zero-order valence-corrected chi connectivity index (χ0v) is 22.0. The summed E-state index contributed by atoms with van der Waals surface area (Å²) in [7, 11) is 5.78. The Kier molecular flexibility index (Phi) is 5.71. The molecule has 3 aromatic carbocycles. The fourth-order valence-corrected chi connectivity index (χ4v) is 6.72. The van der Waals surface area contributed by atoms with Gasteiger partial charge in [-0.1, -0.05) is 60.7 Å². The van der Waals surface area contributed by atoms with Crippen molar-refractivity contribution < 1.29 is 33.3 Å². The second kappa shape index (κ2) is 9.01. The number of esters is 1. The van der Waals surface area contributed by atoms with E-state index < -0.39 is 29.4 Å². The third-order valence-corrected chi connectivity index (χ3v) is 8.23. The zero-order chi connectivity index (χ0) is 27.5. The number of methoxy groups -OCH3 is 4. The van der Waals surface area contributed by atoms with Crippen molar-refractivity contribution in [2.24, 2.45) is 5.41 Å². The van der Waals surface area contributed by atoms with Crippen LogP contribution in [0.1, 0.15) is 37.8 Å². The molecule has 3 aromatic rings. The first kappa shape index (κ1) is 24.7. The molecule has 8 heteroatoms. The summed E-state index contributed by atoms with van der Waals surface area (Å²) < 4.78 is 22.3. The molecule has 3 aliphatic rings. The van der Waals surface area contributed by atoms with Crippen LogP contribution in [0.2, 0.25) is 0 Å². The van der Waals surface area contributed by atoms with Crippen molar-refractivity contribution in [1.82, 2.24) is 0 Å². The standard InChI is InChI=1S/C31H27NO7/c1-36-22-15-14-20(26(37-2)27(22)38-3)24-25(30(35)39-4)32-21-12-8-5-9-17(21)13-16-23(32)31(24)28(33)18-10-6-7-11-19(18)29(31)34/h5-16,23-25H,1-4H3/t23-,24-,25-/m1/s1. The molecule has 6 rings (SSSR count). The third-order valence-electron chi connectivity index (χ3n) is 8.23. The van der Waals surface area contributed by atoms with E-state index in [1.165, 1.54) is 28.4 Å². The number of ketones is 2. The number of rotatable bonds is 5. The van der Waals surface area contributed by atoms with E-state index in [1.807, 2.05) is 41.3 Å². The van der Waals surface area contributed by atoms with Gasteiger partial charge in [-0.15, -0.1) is 0 Å². The molecular weight excluding hydrogens is 498 g/mol. The number of carbonyl (C=O) groups excluding carboxylic acids is 3. The summed E-state index contributed by atoms with van der Waals surface area (Å²) >= 11 is 0. The second-order valence-electron chi connectivity index (χ2n) is 9.71. The maximum atomic E-state index is 14.6. The average Bonchev–Trinajstić information content (AvgIpc) is 3.41. The molecule has 0 radical (unpaired) electrons. The summed E-state index contributed by atoms with van der Waals surface area (Å²) in [5.74, 6) is -1.23. The highest BCUT2D eigenvalue weighted by molar-refractivity contribution is 6.32. The highest BCUT2D eigenvalue weighted by Gasteiger charge is 2.72. The number of para-hydroxylation sites is 1. The van der Waals surface area contributed by atoms with Crippen molar-refractivity contribution >= 4 is 29.3 Å². The van der Waals surface area contributed by atoms with Crippen LogP contribution in [0.4, 0.5) is 5.69 Å². The smallest absolute Gasteiger partial charge is 0.329 e. The van der Waals surface area contributed by atoms with Crippen LogP contribution < -0.4 is 19.1 Å². The lowest BCUT2D eigenvalue weighted by atomic mass is 9.64. The van der Waals surface area contributed by atoms with Crippen LogP contribution in [0, 0.1) is 5.41 Å². The normalized spacial score (nSPS) is 21.8. The van der Waals surface area contributed by atoms with Gasteiger partial charge >= 0.3 is 5.97 Å². The van der Waals surface area contributed by atoms with Crippen molar-refractivity contribution in [2.45, 2.75) is 18.0 Å². The minimum absolute atomic E-state index is 0.281. The Labute approximate surface area is 225 Å². The molecular formula is C31H27NO7. The van der Waals surface area contributed by atoms with Crippen molar-refractivity contribution in [3.05, 3.63) is 89.0 Å². The minimum Gasteiger partial charge on any atom is -0.493 e. The van der Waals surface area contributed by atoms with Gasteiger partial charge in [-0.05, 0) is 17.7 Å². The first-order valence-corrected chi connectivity index (χ1v) is 12.6. The Morgan fingerprint density at radius 2 is 1.44 bits per heavy atom. The SMILES string of the molecule is COC(=O)[C@H]1[C@@H](c2ccc(OC)c(OC)c2OC)C2(C(=O)c3ccccc3C2=O)[C@H]2C=Cc3ccccc3N12. The van der Waals surface area contributed by atoms with Crippen LogP contribution in [0.25, 0.3) is 6.08 Å². The predicted octanol–water partition coefficient (Wildman–Crippen LogP) is 4.32. The summed E-state index contributed by atoms with van der Waals surface area (Å²) in [6.45, 7) is 0. The quantitative estimate of drug-likeness (QED) is 0.359. The summed E-state index contributed by atoms with van der Waals surface area (Å²) in [6, 6.07) is 16.1. The van der Waals surface area contributed by atoms with E-state index in [-0.39, 0.29) is 17.3 Å². The lowest BCUT2D eigenvalue weighted by Gasteiger charge is -2.36.